The zero-order valence-corrected chi connectivity index (χ0v) is 10.4. The quantitative estimate of drug-likeness (QED) is 0.685. The Kier molecular flexibility index (Phi) is 5.29. The van der Waals surface area contributed by atoms with Crippen LogP contribution < -0.4 is 0 Å². The minimum absolute atomic E-state index is 0.814. The van der Waals surface area contributed by atoms with E-state index < -0.39 is 0 Å². The van der Waals surface area contributed by atoms with E-state index >= 15 is 0 Å². The lowest BCUT2D eigenvalue weighted by Gasteiger charge is -2.26. The predicted octanol–water partition coefficient (Wildman–Crippen LogP) is 1.80. The van der Waals surface area contributed by atoms with Gasteiger partial charge in [0.15, 0.2) is 0 Å². The van der Waals surface area contributed by atoms with E-state index in [9.17, 15) is 0 Å². The normalized spacial score (nSPS) is 24.5. The van der Waals surface area contributed by atoms with E-state index in [1.54, 1.807) is 0 Å². The number of alkyl halides is 1. The maximum Gasteiger partial charge on any atom is 0.0223 e. The number of rotatable bonds is 5. The molecule has 1 aliphatic rings. The van der Waals surface area contributed by atoms with E-state index in [1.165, 1.54) is 38.9 Å². The van der Waals surface area contributed by atoms with Crippen LogP contribution in [0.2, 0.25) is 0 Å². The molecule has 78 valence electrons. The molecule has 0 amide bonds. The van der Waals surface area contributed by atoms with E-state index in [4.69, 9.17) is 0 Å². The van der Waals surface area contributed by atoms with Gasteiger partial charge in [0.2, 0.25) is 0 Å². The zero-order valence-electron chi connectivity index (χ0n) is 8.80. The van der Waals surface area contributed by atoms with Crippen molar-refractivity contribution >= 4 is 15.9 Å². The highest BCUT2D eigenvalue weighted by Gasteiger charge is 2.23. The van der Waals surface area contributed by atoms with Gasteiger partial charge in [0.25, 0.3) is 0 Å². The van der Waals surface area contributed by atoms with Crippen LogP contribution in [0.1, 0.15) is 19.3 Å². The highest BCUT2D eigenvalue weighted by molar-refractivity contribution is 9.09. The van der Waals surface area contributed by atoms with Crippen molar-refractivity contribution in [3.05, 3.63) is 0 Å². The van der Waals surface area contributed by atoms with Crippen molar-refractivity contribution in [1.82, 2.24) is 9.80 Å². The van der Waals surface area contributed by atoms with E-state index in [0.717, 1.165) is 11.4 Å². The van der Waals surface area contributed by atoms with Crippen molar-refractivity contribution in [3.8, 4) is 0 Å². The first-order valence-corrected chi connectivity index (χ1v) is 6.31. The Balaban J connectivity index is 2.26. The zero-order chi connectivity index (χ0) is 9.68. The van der Waals surface area contributed by atoms with Crippen molar-refractivity contribution in [2.75, 3.05) is 39.1 Å². The molecule has 13 heavy (non-hydrogen) atoms. The summed E-state index contributed by atoms with van der Waals surface area (Å²) in [6.45, 7) is 3.80. The molecule has 1 heterocycles. The highest BCUT2D eigenvalue weighted by Crippen LogP contribution is 2.17. The Labute approximate surface area is 90.4 Å². The van der Waals surface area contributed by atoms with Gasteiger partial charge in [-0.15, -0.1) is 0 Å². The lowest BCUT2D eigenvalue weighted by molar-refractivity contribution is 0.209. The average Bonchev–Trinajstić information content (AvgIpc) is 2.48. The van der Waals surface area contributed by atoms with Crippen molar-refractivity contribution in [1.29, 1.82) is 0 Å². The molecule has 1 fully saturated rings. The summed E-state index contributed by atoms with van der Waals surface area (Å²) >= 11 is 3.49. The molecule has 0 radical (unpaired) electrons. The third-order valence-corrected chi connectivity index (χ3v) is 3.21. The summed E-state index contributed by atoms with van der Waals surface area (Å²) in [6.07, 6.45) is 4.06. The van der Waals surface area contributed by atoms with Crippen molar-refractivity contribution in [3.63, 3.8) is 0 Å². The maximum absolute atomic E-state index is 3.49. The molecule has 1 unspecified atom stereocenters. The molecule has 0 aromatic heterocycles. The van der Waals surface area contributed by atoms with Crippen LogP contribution in [0, 0.1) is 0 Å². The van der Waals surface area contributed by atoms with E-state index in [2.05, 4.69) is 39.8 Å². The average molecular weight is 249 g/mol. The molecule has 0 bridgehead atoms. The fraction of sp³-hybridized carbons (Fsp3) is 1.00. The second kappa shape index (κ2) is 5.99. The van der Waals surface area contributed by atoms with Gasteiger partial charge in [0.1, 0.15) is 0 Å². The van der Waals surface area contributed by atoms with Crippen LogP contribution in [0.15, 0.2) is 0 Å². The maximum atomic E-state index is 3.49. The second-order valence-corrected chi connectivity index (χ2v) is 4.93. The van der Waals surface area contributed by atoms with Crippen LogP contribution in [0.3, 0.4) is 0 Å². The van der Waals surface area contributed by atoms with Gasteiger partial charge in [-0.05, 0) is 46.4 Å². The molecule has 0 aromatic rings. The highest BCUT2D eigenvalue weighted by atomic mass is 79.9. The molecule has 0 spiro atoms. The molecular weight excluding hydrogens is 228 g/mol. The summed E-state index contributed by atoms with van der Waals surface area (Å²) in [7, 11) is 4.34. The summed E-state index contributed by atoms with van der Waals surface area (Å²) in [5.74, 6) is 0. The molecule has 1 saturated heterocycles. The Bertz CT molecular complexity index is 139. The van der Waals surface area contributed by atoms with Gasteiger partial charge in [-0.1, -0.05) is 15.9 Å². The lowest BCUT2D eigenvalue weighted by atomic mass is 10.2. The molecular formula is C10H21BrN2. The van der Waals surface area contributed by atoms with Crippen molar-refractivity contribution in [2.45, 2.75) is 25.3 Å². The molecule has 1 atom stereocenters. The van der Waals surface area contributed by atoms with Crippen molar-refractivity contribution < 1.29 is 0 Å². The Morgan fingerprint density at radius 2 is 2.23 bits per heavy atom. The van der Waals surface area contributed by atoms with Gasteiger partial charge < -0.3 is 4.90 Å². The summed E-state index contributed by atoms with van der Waals surface area (Å²) in [5, 5.41) is 1.14. The fourth-order valence-corrected chi connectivity index (χ4v) is 2.33. The molecule has 1 rings (SSSR count). The molecule has 0 N–H and O–H groups in total. The van der Waals surface area contributed by atoms with Gasteiger partial charge in [-0.2, -0.15) is 0 Å². The molecule has 0 saturated carbocycles. The SMILES string of the molecule is CN(C)CC1CCCN1CCCBr. The minimum atomic E-state index is 0.814. The van der Waals surface area contributed by atoms with Crippen LogP contribution >= 0.6 is 15.9 Å². The van der Waals surface area contributed by atoms with Gasteiger partial charge in [0.05, 0.1) is 0 Å². The first kappa shape index (κ1) is 11.5. The molecule has 1 aliphatic heterocycles. The summed E-state index contributed by atoms with van der Waals surface area (Å²) < 4.78 is 0. The summed E-state index contributed by atoms with van der Waals surface area (Å²) in [6, 6.07) is 0.814. The number of nitrogens with zero attached hydrogens (tertiary/aromatic N) is 2. The van der Waals surface area contributed by atoms with Crippen LogP contribution in [0.4, 0.5) is 0 Å². The predicted molar refractivity (Wildman–Crippen MR) is 61.6 cm³/mol. The van der Waals surface area contributed by atoms with Crippen LogP contribution in [-0.2, 0) is 0 Å². The number of hydrogen-bond acceptors (Lipinski definition) is 2. The van der Waals surface area contributed by atoms with Gasteiger partial charge in [-0.3, -0.25) is 4.90 Å². The molecule has 2 nitrogen and oxygen atoms in total. The summed E-state index contributed by atoms with van der Waals surface area (Å²) in [4.78, 5) is 4.94. The van der Waals surface area contributed by atoms with E-state index in [0.29, 0.717) is 0 Å². The minimum Gasteiger partial charge on any atom is -0.308 e. The smallest absolute Gasteiger partial charge is 0.0223 e. The Morgan fingerprint density at radius 1 is 1.46 bits per heavy atom. The topological polar surface area (TPSA) is 6.48 Å². The summed E-state index contributed by atoms with van der Waals surface area (Å²) in [5.41, 5.74) is 0. The Morgan fingerprint density at radius 3 is 2.85 bits per heavy atom. The standard InChI is InChI=1S/C10H21BrN2/c1-12(2)9-10-5-3-7-13(10)8-4-6-11/h10H,3-9H2,1-2H3. The monoisotopic (exact) mass is 248 g/mol. The molecule has 3 heteroatoms. The number of halogens is 1. The first-order valence-electron chi connectivity index (χ1n) is 5.19. The fourth-order valence-electron chi connectivity index (χ4n) is 2.08. The first-order chi connectivity index (χ1) is 6.24. The van der Waals surface area contributed by atoms with Gasteiger partial charge in [0, 0.05) is 17.9 Å². The second-order valence-electron chi connectivity index (χ2n) is 4.14. The van der Waals surface area contributed by atoms with Crippen LogP contribution in [0.25, 0.3) is 0 Å². The lowest BCUT2D eigenvalue weighted by Crippen LogP contribution is -2.38. The molecule has 0 aromatic carbocycles. The number of hydrogen-bond donors (Lipinski definition) is 0. The van der Waals surface area contributed by atoms with Crippen molar-refractivity contribution in [2.24, 2.45) is 0 Å². The van der Waals surface area contributed by atoms with Crippen LogP contribution in [0.5, 0.6) is 0 Å². The van der Waals surface area contributed by atoms with Gasteiger partial charge in [-0.25, -0.2) is 0 Å². The van der Waals surface area contributed by atoms with E-state index in [-0.39, 0.29) is 0 Å². The largest absolute Gasteiger partial charge is 0.308 e. The van der Waals surface area contributed by atoms with Gasteiger partial charge >= 0.3 is 0 Å². The molecule has 0 aliphatic carbocycles. The third kappa shape index (κ3) is 3.96. The third-order valence-electron chi connectivity index (χ3n) is 2.65. The Hall–Kier alpha value is 0.400. The van der Waals surface area contributed by atoms with E-state index in [1.807, 2.05) is 0 Å². The van der Waals surface area contributed by atoms with Crippen LogP contribution in [-0.4, -0.2) is 54.9 Å². The number of likely N-dealkylation sites (N-methyl/N-ethyl adjacent to an activating group) is 1. The number of likely N-dealkylation sites (tertiary alicyclic amines) is 1.